The fraction of sp³-hybridized carbons (Fsp3) is 0.571. The predicted molar refractivity (Wildman–Crippen MR) is 74.0 cm³/mol. The van der Waals surface area contributed by atoms with E-state index in [1.165, 1.54) is 16.8 Å². The van der Waals surface area contributed by atoms with Crippen molar-refractivity contribution in [2.45, 2.75) is 26.7 Å². The molecule has 0 fully saturated rings. The number of rotatable bonds is 6. The van der Waals surface area contributed by atoms with Crippen molar-refractivity contribution in [3.63, 3.8) is 0 Å². The van der Waals surface area contributed by atoms with Gasteiger partial charge in [0.25, 0.3) is 0 Å². The molecule has 0 aromatic heterocycles. The summed E-state index contributed by atoms with van der Waals surface area (Å²) in [5.74, 6) is 0.960. The second kappa shape index (κ2) is 6.50. The average Bonchev–Trinajstić information content (AvgIpc) is 2.32. The van der Waals surface area contributed by atoms with Crippen LogP contribution in [0.2, 0.25) is 0 Å². The lowest BCUT2D eigenvalue weighted by Gasteiger charge is -2.23. The molecule has 17 heavy (non-hydrogen) atoms. The van der Waals surface area contributed by atoms with E-state index in [0.29, 0.717) is 0 Å². The molecule has 0 unspecified atom stereocenters. The van der Waals surface area contributed by atoms with E-state index < -0.39 is 0 Å². The van der Waals surface area contributed by atoms with Crippen molar-refractivity contribution in [1.82, 2.24) is 0 Å². The van der Waals surface area contributed by atoms with Crippen LogP contribution in [0.1, 0.15) is 24.0 Å². The van der Waals surface area contributed by atoms with E-state index in [-0.39, 0.29) is 0 Å². The highest BCUT2D eigenvalue weighted by Gasteiger charge is 2.09. The monoisotopic (exact) mass is 236 g/mol. The fourth-order valence-electron chi connectivity index (χ4n) is 2.03. The number of nitrogens with zero attached hydrogens (tertiary/aromatic N) is 1. The maximum absolute atomic E-state index is 5.51. The largest absolute Gasteiger partial charge is 0.496 e. The van der Waals surface area contributed by atoms with E-state index in [0.717, 1.165) is 31.7 Å². The number of ether oxygens (including phenoxy) is 1. The van der Waals surface area contributed by atoms with Crippen LogP contribution >= 0.6 is 0 Å². The van der Waals surface area contributed by atoms with Crippen LogP contribution in [-0.4, -0.2) is 27.2 Å². The van der Waals surface area contributed by atoms with Crippen molar-refractivity contribution in [3.8, 4) is 5.75 Å². The molecule has 3 heteroatoms. The molecule has 0 amide bonds. The molecule has 0 saturated heterocycles. The number of hydrogen-bond donors (Lipinski definition) is 1. The third kappa shape index (κ3) is 3.37. The van der Waals surface area contributed by atoms with Gasteiger partial charge in [0, 0.05) is 19.3 Å². The summed E-state index contributed by atoms with van der Waals surface area (Å²) in [6.07, 6.45) is 2.22. The van der Waals surface area contributed by atoms with Gasteiger partial charge in [-0.15, -0.1) is 0 Å². The zero-order valence-corrected chi connectivity index (χ0v) is 11.4. The van der Waals surface area contributed by atoms with Crippen molar-refractivity contribution < 1.29 is 4.74 Å². The second-order valence-corrected chi connectivity index (χ2v) is 4.45. The molecule has 0 aliphatic rings. The van der Waals surface area contributed by atoms with Crippen molar-refractivity contribution in [3.05, 3.63) is 23.3 Å². The SMILES string of the molecule is COc1ccc(N(C)CCCCN)c(C)c1C. The van der Waals surface area contributed by atoms with Crippen molar-refractivity contribution >= 4 is 5.69 Å². The molecule has 0 aliphatic heterocycles. The number of nitrogens with two attached hydrogens (primary N) is 1. The van der Waals surface area contributed by atoms with Gasteiger partial charge in [0.05, 0.1) is 7.11 Å². The van der Waals surface area contributed by atoms with Gasteiger partial charge in [-0.3, -0.25) is 0 Å². The first-order valence-electron chi connectivity index (χ1n) is 6.17. The van der Waals surface area contributed by atoms with Gasteiger partial charge in [0.2, 0.25) is 0 Å². The van der Waals surface area contributed by atoms with Crippen LogP contribution in [0.3, 0.4) is 0 Å². The Balaban J connectivity index is 2.80. The molecule has 1 aromatic rings. The third-order valence-electron chi connectivity index (χ3n) is 3.29. The summed E-state index contributed by atoms with van der Waals surface area (Å²) in [6.45, 7) is 6.07. The van der Waals surface area contributed by atoms with Crippen LogP contribution in [0.15, 0.2) is 12.1 Å². The lowest BCUT2D eigenvalue weighted by Crippen LogP contribution is -2.20. The highest BCUT2D eigenvalue weighted by atomic mass is 16.5. The van der Waals surface area contributed by atoms with Crippen molar-refractivity contribution in [1.29, 1.82) is 0 Å². The number of methoxy groups -OCH3 is 1. The van der Waals surface area contributed by atoms with Crippen LogP contribution < -0.4 is 15.4 Å². The maximum Gasteiger partial charge on any atom is 0.122 e. The second-order valence-electron chi connectivity index (χ2n) is 4.45. The van der Waals surface area contributed by atoms with Gasteiger partial charge in [-0.25, -0.2) is 0 Å². The Morgan fingerprint density at radius 3 is 2.47 bits per heavy atom. The molecule has 0 heterocycles. The van der Waals surface area contributed by atoms with Gasteiger partial charge in [-0.1, -0.05) is 0 Å². The Morgan fingerprint density at radius 2 is 1.88 bits per heavy atom. The highest BCUT2D eigenvalue weighted by Crippen LogP contribution is 2.29. The first kappa shape index (κ1) is 13.8. The van der Waals surface area contributed by atoms with Gasteiger partial charge in [-0.05, 0) is 56.5 Å². The van der Waals surface area contributed by atoms with Gasteiger partial charge < -0.3 is 15.4 Å². The smallest absolute Gasteiger partial charge is 0.122 e. The summed E-state index contributed by atoms with van der Waals surface area (Å²) in [4.78, 5) is 2.29. The molecule has 0 bridgehead atoms. The van der Waals surface area contributed by atoms with Crippen molar-refractivity contribution in [2.24, 2.45) is 5.73 Å². The Labute approximate surface area is 105 Å². The molecule has 96 valence electrons. The molecule has 0 aliphatic carbocycles. The summed E-state index contributed by atoms with van der Waals surface area (Å²) < 4.78 is 5.32. The quantitative estimate of drug-likeness (QED) is 0.771. The lowest BCUT2D eigenvalue weighted by molar-refractivity contribution is 0.411. The Morgan fingerprint density at radius 1 is 1.18 bits per heavy atom. The molecule has 3 nitrogen and oxygen atoms in total. The van der Waals surface area contributed by atoms with E-state index in [9.17, 15) is 0 Å². The maximum atomic E-state index is 5.51. The minimum Gasteiger partial charge on any atom is -0.496 e. The van der Waals surface area contributed by atoms with Gasteiger partial charge in [0.1, 0.15) is 5.75 Å². The van der Waals surface area contributed by atoms with E-state index in [1.807, 2.05) is 6.07 Å². The molecule has 0 radical (unpaired) electrons. The van der Waals surface area contributed by atoms with Crippen molar-refractivity contribution in [2.75, 3.05) is 32.1 Å². The van der Waals surface area contributed by atoms with E-state index in [2.05, 4.69) is 31.9 Å². The first-order chi connectivity index (χ1) is 8.11. The van der Waals surface area contributed by atoms with Crippen LogP contribution in [0.4, 0.5) is 5.69 Å². The highest BCUT2D eigenvalue weighted by molar-refractivity contribution is 5.59. The molecule has 0 saturated carbocycles. The number of benzene rings is 1. The van der Waals surface area contributed by atoms with Crippen LogP contribution in [0.25, 0.3) is 0 Å². The number of anilines is 1. The molecular weight excluding hydrogens is 212 g/mol. The first-order valence-corrected chi connectivity index (χ1v) is 6.17. The summed E-state index contributed by atoms with van der Waals surface area (Å²) >= 11 is 0. The average molecular weight is 236 g/mol. The number of hydrogen-bond acceptors (Lipinski definition) is 3. The normalized spacial score (nSPS) is 10.4. The minimum atomic E-state index is 0.772. The van der Waals surface area contributed by atoms with Crippen LogP contribution in [0.5, 0.6) is 5.75 Å². The zero-order chi connectivity index (χ0) is 12.8. The Hall–Kier alpha value is -1.22. The van der Waals surface area contributed by atoms with Gasteiger partial charge >= 0.3 is 0 Å². The van der Waals surface area contributed by atoms with Crippen LogP contribution in [-0.2, 0) is 0 Å². The summed E-state index contributed by atoms with van der Waals surface area (Å²) in [6, 6.07) is 4.17. The van der Waals surface area contributed by atoms with E-state index in [4.69, 9.17) is 10.5 Å². The predicted octanol–water partition coefficient (Wildman–Crippen LogP) is 2.49. The molecule has 1 aromatic carbocycles. The minimum absolute atomic E-state index is 0.772. The standard InChI is InChI=1S/C14H24N2O/c1-11-12(2)14(17-4)8-7-13(11)16(3)10-6-5-9-15/h7-8H,5-6,9-10,15H2,1-4H3. The molecule has 0 atom stereocenters. The van der Waals surface area contributed by atoms with Gasteiger partial charge in [-0.2, -0.15) is 0 Å². The Bertz CT molecular complexity index is 363. The topological polar surface area (TPSA) is 38.5 Å². The Kier molecular flexibility index (Phi) is 5.29. The van der Waals surface area contributed by atoms with E-state index in [1.54, 1.807) is 7.11 Å². The van der Waals surface area contributed by atoms with E-state index >= 15 is 0 Å². The summed E-state index contributed by atoms with van der Waals surface area (Å²) in [7, 11) is 3.84. The third-order valence-corrected chi connectivity index (χ3v) is 3.29. The molecule has 2 N–H and O–H groups in total. The number of unbranched alkanes of at least 4 members (excludes halogenated alkanes) is 1. The molecule has 0 spiro atoms. The zero-order valence-electron chi connectivity index (χ0n) is 11.4. The summed E-state index contributed by atoms with van der Waals surface area (Å²) in [5.41, 5.74) is 9.30. The fourth-order valence-corrected chi connectivity index (χ4v) is 2.03. The lowest BCUT2D eigenvalue weighted by atomic mass is 10.1. The van der Waals surface area contributed by atoms with Gasteiger partial charge in [0.15, 0.2) is 0 Å². The molecule has 1 rings (SSSR count). The summed E-state index contributed by atoms with van der Waals surface area (Å²) in [5, 5.41) is 0. The molecular formula is C14H24N2O. The van der Waals surface area contributed by atoms with Crippen LogP contribution in [0, 0.1) is 13.8 Å².